The molecule has 0 saturated heterocycles. The van der Waals surface area contributed by atoms with Crippen molar-refractivity contribution in [2.75, 3.05) is 13.7 Å². The van der Waals surface area contributed by atoms with E-state index < -0.39 is 0 Å². The van der Waals surface area contributed by atoms with Gasteiger partial charge >= 0.3 is 0 Å². The van der Waals surface area contributed by atoms with Gasteiger partial charge in [-0.15, -0.1) is 0 Å². The van der Waals surface area contributed by atoms with Crippen molar-refractivity contribution in [2.24, 2.45) is 4.99 Å². The van der Waals surface area contributed by atoms with Gasteiger partial charge in [0.05, 0.1) is 13.7 Å². The van der Waals surface area contributed by atoms with Crippen LogP contribution >= 0.6 is 11.6 Å². The average Bonchev–Trinajstić information content (AvgIpc) is 2.73. The van der Waals surface area contributed by atoms with Crippen LogP contribution in [-0.2, 0) is 6.54 Å². The number of guanidine groups is 1. The van der Waals surface area contributed by atoms with Gasteiger partial charge in [0.25, 0.3) is 0 Å². The normalized spacial score (nSPS) is 18.5. The monoisotopic (exact) mass is 253 g/mol. The molecule has 4 nitrogen and oxygen atoms in total. The van der Waals surface area contributed by atoms with Gasteiger partial charge < -0.3 is 15.4 Å². The number of benzene rings is 1. The molecule has 1 unspecified atom stereocenters. The quantitative estimate of drug-likeness (QED) is 0.863. The molecule has 0 amide bonds. The van der Waals surface area contributed by atoms with Crippen LogP contribution in [0.2, 0.25) is 5.02 Å². The fourth-order valence-electron chi connectivity index (χ4n) is 1.70. The third-order valence-electron chi connectivity index (χ3n) is 2.60. The Balaban J connectivity index is 1.99. The van der Waals surface area contributed by atoms with Crippen LogP contribution in [0.25, 0.3) is 0 Å². The number of nitrogens with one attached hydrogen (secondary N) is 2. The van der Waals surface area contributed by atoms with Crippen molar-refractivity contribution >= 4 is 17.6 Å². The predicted molar refractivity (Wildman–Crippen MR) is 69.7 cm³/mol. The van der Waals surface area contributed by atoms with Gasteiger partial charge in [0.2, 0.25) is 0 Å². The molecular weight excluding hydrogens is 238 g/mol. The smallest absolute Gasteiger partial charge is 0.191 e. The van der Waals surface area contributed by atoms with Crippen molar-refractivity contribution in [1.82, 2.24) is 10.6 Å². The number of methoxy groups -OCH3 is 1. The van der Waals surface area contributed by atoms with Crippen LogP contribution in [0.1, 0.15) is 12.5 Å². The maximum Gasteiger partial charge on any atom is 0.191 e. The summed E-state index contributed by atoms with van der Waals surface area (Å²) in [6.45, 7) is 3.58. The molecule has 92 valence electrons. The number of rotatable bonds is 3. The molecular formula is C12H16ClN3O. The Labute approximate surface area is 106 Å². The first kappa shape index (κ1) is 12.0. The molecule has 0 bridgehead atoms. The Morgan fingerprint density at radius 3 is 3.06 bits per heavy atom. The standard InChI is InChI=1S/C12H16ClN3O/c1-8-6-14-12(16-8)15-7-9-3-4-10(13)5-11(9)17-2/h3-5,8H,6-7H2,1-2H3,(H2,14,15,16). The Bertz CT molecular complexity index is 434. The molecule has 0 saturated carbocycles. The lowest BCUT2D eigenvalue weighted by molar-refractivity contribution is 0.409. The van der Waals surface area contributed by atoms with Crippen molar-refractivity contribution in [2.45, 2.75) is 19.5 Å². The summed E-state index contributed by atoms with van der Waals surface area (Å²) in [6, 6.07) is 6.02. The number of ether oxygens (including phenoxy) is 1. The van der Waals surface area contributed by atoms with E-state index in [1.807, 2.05) is 18.2 Å². The van der Waals surface area contributed by atoms with Crippen LogP contribution in [0, 0.1) is 0 Å². The fourth-order valence-corrected chi connectivity index (χ4v) is 1.87. The van der Waals surface area contributed by atoms with Gasteiger partial charge in [-0.3, -0.25) is 4.99 Å². The maximum atomic E-state index is 5.91. The second-order valence-electron chi connectivity index (χ2n) is 4.04. The Morgan fingerprint density at radius 2 is 2.41 bits per heavy atom. The molecule has 1 aliphatic rings. The Morgan fingerprint density at radius 1 is 1.59 bits per heavy atom. The van der Waals surface area contributed by atoms with Crippen LogP contribution < -0.4 is 15.4 Å². The van der Waals surface area contributed by atoms with E-state index in [2.05, 4.69) is 22.5 Å². The summed E-state index contributed by atoms with van der Waals surface area (Å²) in [4.78, 5) is 4.33. The molecule has 0 aromatic heterocycles. The molecule has 0 aliphatic carbocycles. The molecule has 0 radical (unpaired) electrons. The van der Waals surface area contributed by atoms with E-state index in [4.69, 9.17) is 16.3 Å². The van der Waals surface area contributed by atoms with Crippen molar-refractivity contribution < 1.29 is 4.74 Å². The summed E-state index contributed by atoms with van der Waals surface area (Å²) in [5.74, 6) is 1.63. The first-order valence-corrected chi connectivity index (χ1v) is 5.94. The van der Waals surface area contributed by atoms with Crippen LogP contribution in [0.4, 0.5) is 0 Å². The van der Waals surface area contributed by atoms with E-state index in [9.17, 15) is 0 Å². The minimum absolute atomic E-state index is 0.407. The summed E-state index contributed by atoms with van der Waals surface area (Å²) >= 11 is 5.91. The zero-order valence-corrected chi connectivity index (χ0v) is 10.7. The average molecular weight is 254 g/mol. The van der Waals surface area contributed by atoms with E-state index in [0.29, 0.717) is 17.6 Å². The second kappa shape index (κ2) is 5.27. The molecule has 17 heavy (non-hydrogen) atoms. The zero-order chi connectivity index (χ0) is 12.3. The number of aliphatic imine (C=N–C) groups is 1. The molecule has 0 fully saturated rings. The molecule has 0 spiro atoms. The van der Waals surface area contributed by atoms with Crippen LogP contribution in [0.3, 0.4) is 0 Å². The molecule has 1 atom stereocenters. The second-order valence-corrected chi connectivity index (χ2v) is 4.48. The lowest BCUT2D eigenvalue weighted by Crippen LogP contribution is -2.37. The summed E-state index contributed by atoms with van der Waals surface area (Å²) in [7, 11) is 1.64. The summed E-state index contributed by atoms with van der Waals surface area (Å²) < 4.78 is 5.28. The third-order valence-corrected chi connectivity index (χ3v) is 2.84. The molecule has 5 heteroatoms. The molecule has 1 aromatic rings. The largest absolute Gasteiger partial charge is 0.496 e. The molecule has 2 N–H and O–H groups in total. The molecule has 1 aliphatic heterocycles. The lowest BCUT2D eigenvalue weighted by atomic mass is 10.2. The SMILES string of the molecule is COc1cc(Cl)ccc1CNC1=NCC(C)N1. The number of halogens is 1. The van der Waals surface area contributed by atoms with E-state index in [1.165, 1.54) is 0 Å². The van der Waals surface area contributed by atoms with Crippen LogP contribution in [-0.4, -0.2) is 25.7 Å². The Hall–Kier alpha value is -1.42. The highest BCUT2D eigenvalue weighted by Crippen LogP contribution is 2.22. The van der Waals surface area contributed by atoms with Gasteiger partial charge in [-0.1, -0.05) is 17.7 Å². The Kier molecular flexibility index (Phi) is 3.74. The summed E-state index contributed by atoms with van der Waals surface area (Å²) in [5.41, 5.74) is 1.06. The van der Waals surface area contributed by atoms with E-state index in [-0.39, 0.29) is 0 Å². The first-order chi connectivity index (χ1) is 8.19. The predicted octanol–water partition coefficient (Wildman–Crippen LogP) is 1.79. The number of hydrogen-bond donors (Lipinski definition) is 2. The van der Waals surface area contributed by atoms with Gasteiger partial charge in [-0.25, -0.2) is 0 Å². The molecule has 1 heterocycles. The molecule has 1 aromatic carbocycles. The maximum absolute atomic E-state index is 5.91. The van der Waals surface area contributed by atoms with Crippen molar-refractivity contribution in [1.29, 1.82) is 0 Å². The summed E-state index contributed by atoms with van der Waals surface area (Å²) in [5, 5.41) is 7.16. The van der Waals surface area contributed by atoms with Crippen molar-refractivity contribution in [3.05, 3.63) is 28.8 Å². The van der Waals surface area contributed by atoms with Crippen molar-refractivity contribution in [3.8, 4) is 5.75 Å². The van der Waals surface area contributed by atoms with E-state index in [0.717, 1.165) is 23.8 Å². The fraction of sp³-hybridized carbons (Fsp3) is 0.417. The molecule has 2 rings (SSSR count). The highest BCUT2D eigenvalue weighted by atomic mass is 35.5. The van der Waals surface area contributed by atoms with Crippen molar-refractivity contribution in [3.63, 3.8) is 0 Å². The first-order valence-electron chi connectivity index (χ1n) is 5.56. The minimum atomic E-state index is 0.407. The number of nitrogens with zero attached hydrogens (tertiary/aromatic N) is 1. The topological polar surface area (TPSA) is 45.6 Å². The highest BCUT2D eigenvalue weighted by molar-refractivity contribution is 6.30. The van der Waals surface area contributed by atoms with Gasteiger partial charge in [0.1, 0.15) is 5.75 Å². The van der Waals surface area contributed by atoms with Crippen LogP contribution in [0.5, 0.6) is 5.75 Å². The van der Waals surface area contributed by atoms with Gasteiger partial charge in [0, 0.05) is 23.2 Å². The van der Waals surface area contributed by atoms with Gasteiger partial charge in [-0.2, -0.15) is 0 Å². The minimum Gasteiger partial charge on any atom is -0.496 e. The van der Waals surface area contributed by atoms with Gasteiger partial charge in [-0.05, 0) is 19.1 Å². The lowest BCUT2D eigenvalue weighted by Gasteiger charge is -2.12. The number of hydrogen-bond acceptors (Lipinski definition) is 4. The van der Waals surface area contributed by atoms with E-state index in [1.54, 1.807) is 7.11 Å². The summed E-state index contributed by atoms with van der Waals surface area (Å²) in [6.07, 6.45) is 0. The van der Waals surface area contributed by atoms with Gasteiger partial charge in [0.15, 0.2) is 5.96 Å². The zero-order valence-electron chi connectivity index (χ0n) is 9.96. The highest BCUT2D eigenvalue weighted by Gasteiger charge is 2.12. The third kappa shape index (κ3) is 3.03. The van der Waals surface area contributed by atoms with E-state index >= 15 is 0 Å². The van der Waals surface area contributed by atoms with Crippen LogP contribution in [0.15, 0.2) is 23.2 Å².